The molecule has 0 saturated carbocycles. The molecular formula is C20H22N4O4S. The lowest BCUT2D eigenvalue weighted by atomic mass is 10.1. The van der Waals surface area contributed by atoms with Crippen molar-refractivity contribution in [1.82, 2.24) is 15.1 Å². The van der Waals surface area contributed by atoms with E-state index in [2.05, 4.69) is 15.5 Å². The van der Waals surface area contributed by atoms with Crippen LogP contribution in [0.3, 0.4) is 0 Å². The Bertz CT molecular complexity index is 955. The number of aromatic nitrogens is 2. The summed E-state index contributed by atoms with van der Waals surface area (Å²) < 4.78 is 10.9. The first-order valence-corrected chi connectivity index (χ1v) is 9.92. The van der Waals surface area contributed by atoms with Gasteiger partial charge in [-0.1, -0.05) is 18.2 Å². The van der Waals surface area contributed by atoms with Crippen molar-refractivity contribution in [3.8, 4) is 10.8 Å². The Labute approximate surface area is 172 Å². The van der Waals surface area contributed by atoms with Gasteiger partial charge in [-0.25, -0.2) is 0 Å². The third-order valence-electron chi connectivity index (χ3n) is 4.12. The number of nitrogens with one attached hydrogen (secondary N) is 1. The Morgan fingerprint density at radius 2 is 2.03 bits per heavy atom. The summed E-state index contributed by atoms with van der Waals surface area (Å²) in [5.41, 5.74) is 0.969. The standard InChI is InChI=1S/C20H22N4O4S/c1-14(25)15-6-3-4-7-16(15)21-18(26)12-24(9-10-27-2)13-19-22-23-20(28-19)17-8-5-11-29-17/h3-8,11H,9-10,12-13H2,1-2H3,(H,21,26). The molecule has 0 aliphatic carbocycles. The first-order valence-electron chi connectivity index (χ1n) is 9.04. The first-order chi connectivity index (χ1) is 14.1. The summed E-state index contributed by atoms with van der Waals surface area (Å²) >= 11 is 1.52. The van der Waals surface area contributed by atoms with E-state index in [1.54, 1.807) is 31.4 Å². The first kappa shape index (κ1) is 20.8. The number of benzene rings is 1. The molecule has 3 rings (SSSR count). The highest BCUT2D eigenvalue weighted by molar-refractivity contribution is 7.13. The number of carbonyl (C=O) groups excluding carboxylic acids is 2. The second-order valence-electron chi connectivity index (χ2n) is 6.33. The van der Waals surface area contributed by atoms with Crippen molar-refractivity contribution < 1.29 is 18.7 Å². The van der Waals surface area contributed by atoms with Crippen molar-refractivity contribution in [3.63, 3.8) is 0 Å². The third-order valence-corrected chi connectivity index (χ3v) is 4.97. The monoisotopic (exact) mass is 414 g/mol. The maximum atomic E-state index is 12.6. The minimum Gasteiger partial charge on any atom is -0.419 e. The second kappa shape index (κ2) is 10.1. The van der Waals surface area contributed by atoms with E-state index < -0.39 is 0 Å². The van der Waals surface area contributed by atoms with Crippen molar-refractivity contribution in [3.05, 3.63) is 53.2 Å². The highest BCUT2D eigenvalue weighted by atomic mass is 32.1. The summed E-state index contributed by atoms with van der Waals surface area (Å²) in [7, 11) is 1.60. The molecule has 1 amide bonds. The van der Waals surface area contributed by atoms with Crippen LogP contribution in [0.25, 0.3) is 10.8 Å². The van der Waals surface area contributed by atoms with Crippen LogP contribution in [0.15, 0.2) is 46.2 Å². The molecule has 0 aliphatic heterocycles. The molecule has 1 N–H and O–H groups in total. The van der Waals surface area contributed by atoms with Crippen LogP contribution in [0, 0.1) is 0 Å². The molecule has 0 radical (unpaired) electrons. The van der Waals surface area contributed by atoms with Crippen molar-refractivity contribution in [2.45, 2.75) is 13.5 Å². The smallest absolute Gasteiger partial charge is 0.257 e. The van der Waals surface area contributed by atoms with Gasteiger partial charge in [0.25, 0.3) is 5.89 Å². The van der Waals surface area contributed by atoms with Gasteiger partial charge in [0.2, 0.25) is 11.8 Å². The van der Waals surface area contributed by atoms with Crippen molar-refractivity contribution in [1.29, 1.82) is 0 Å². The number of nitrogens with zero attached hydrogens (tertiary/aromatic N) is 3. The van der Waals surface area contributed by atoms with E-state index in [0.717, 1.165) is 4.88 Å². The minimum atomic E-state index is -0.243. The van der Waals surface area contributed by atoms with Gasteiger partial charge in [-0.15, -0.1) is 21.5 Å². The number of anilines is 1. The zero-order valence-electron chi connectivity index (χ0n) is 16.3. The molecule has 0 bridgehead atoms. The lowest BCUT2D eigenvalue weighted by molar-refractivity contribution is -0.117. The molecule has 3 aromatic rings. The number of ketones is 1. The summed E-state index contributed by atoms with van der Waals surface area (Å²) in [5.74, 6) is 0.528. The van der Waals surface area contributed by atoms with Crippen LogP contribution in [-0.4, -0.2) is 53.6 Å². The second-order valence-corrected chi connectivity index (χ2v) is 7.28. The number of rotatable bonds is 10. The highest BCUT2D eigenvalue weighted by Crippen LogP contribution is 2.23. The number of para-hydroxylation sites is 1. The van der Waals surface area contributed by atoms with Gasteiger partial charge in [-0.3, -0.25) is 14.5 Å². The number of thiophene rings is 1. The molecule has 2 heterocycles. The Balaban J connectivity index is 1.66. The number of carbonyl (C=O) groups is 2. The normalized spacial score (nSPS) is 11.0. The molecule has 152 valence electrons. The van der Waals surface area contributed by atoms with Gasteiger partial charge < -0.3 is 14.5 Å². The minimum absolute atomic E-state index is 0.0896. The Kier molecular flexibility index (Phi) is 7.23. The summed E-state index contributed by atoms with van der Waals surface area (Å²) in [4.78, 5) is 27.1. The van der Waals surface area contributed by atoms with E-state index in [0.29, 0.717) is 42.7 Å². The Hall–Kier alpha value is -2.88. The van der Waals surface area contributed by atoms with Gasteiger partial charge in [-0.2, -0.15) is 0 Å². The lowest BCUT2D eigenvalue weighted by Crippen LogP contribution is -2.35. The number of Topliss-reactive ketones (excluding diaryl/α,β-unsaturated/α-hetero) is 1. The number of hydrogen-bond acceptors (Lipinski definition) is 8. The average Bonchev–Trinajstić information content (AvgIpc) is 3.38. The average molecular weight is 414 g/mol. The van der Waals surface area contributed by atoms with Crippen LogP contribution < -0.4 is 5.32 Å². The zero-order valence-corrected chi connectivity index (χ0v) is 17.1. The third kappa shape index (κ3) is 5.80. The molecule has 0 saturated heterocycles. The van der Waals surface area contributed by atoms with Crippen molar-refractivity contribution in [2.24, 2.45) is 0 Å². The molecule has 0 fully saturated rings. The Morgan fingerprint density at radius 1 is 1.21 bits per heavy atom. The van der Waals surface area contributed by atoms with Crippen LogP contribution in [0.4, 0.5) is 5.69 Å². The predicted molar refractivity (Wildman–Crippen MR) is 110 cm³/mol. The molecule has 0 aliphatic rings. The molecule has 29 heavy (non-hydrogen) atoms. The van der Waals surface area contributed by atoms with Crippen LogP contribution in [-0.2, 0) is 16.1 Å². The van der Waals surface area contributed by atoms with Gasteiger partial charge in [0.15, 0.2) is 5.78 Å². The molecule has 0 atom stereocenters. The van der Waals surface area contributed by atoms with Crippen molar-refractivity contribution >= 4 is 28.7 Å². The largest absolute Gasteiger partial charge is 0.419 e. The van der Waals surface area contributed by atoms with Crippen LogP contribution >= 0.6 is 11.3 Å². The fourth-order valence-electron chi connectivity index (χ4n) is 2.73. The van der Waals surface area contributed by atoms with Gasteiger partial charge in [0, 0.05) is 19.2 Å². The van der Waals surface area contributed by atoms with E-state index in [4.69, 9.17) is 9.15 Å². The zero-order chi connectivity index (χ0) is 20.6. The summed E-state index contributed by atoms with van der Waals surface area (Å²) in [6, 6.07) is 10.8. The number of ether oxygens (including phenoxy) is 1. The molecule has 1 aromatic carbocycles. The van der Waals surface area contributed by atoms with Crippen molar-refractivity contribution in [2.75, 3.05) is 32.1 Å². The molecule has 2 aromatic heterocycles. The van der Waals surface area contributed by atoms with E-state index in [-0.39, 0.29) is 18.2 Å². The molecular weight excluding hydrogens is 392 g/mol. The van der Waals surface area contributed by atoms with E-state index in [9.17, 15) is 9.59 Å². The van der Waals surface area contributed by atoms with Gasteiger partial charge in [0.05, 0.1) is 30.3 Å². The maximum absolute atomic E-state index is 12.6. The molecule has 0 unspecified atom stereocenters. The van der Waals surface area contributed by atoms with E-state index in [1.807, 2.05) is 22.4 Å². The molecule has 9 heteroatoms. The lowest BCUT2D eigenvalue weighted by Gasteiger charge is -2.20. The molecule has 0 spiro atoms. The van der Waals surface area contributed by atoms with Crippen LogP contribution in [0.1, 0.15) is 23.2 Å². The number of hydrogen-bond donors (Lipinski definition) is 1. The van der Waals surface area contributed by atoms with E-state index >= 15 is 0 Å². The SMILES string of the molecule is COCCN(CC(=O)Nc1ccccc1C(C)=O)Cc1nnc(-c2cccs2)o1. The number of methoxy groups -OCH3 is 1. The molecule has 8 nitrogen and oxygen atoms in total. The quantitative estimate of drug-likeness (QED) is 0.509. The van der Waals surface area contributed by atoms with Gasteiger partial charge in [-0.05, 0) is 30.5 Å². The predicted octanol–water partition coefficient (Wildman–Crippen LogP) is 3.09. The van der Waals surface area contributed by atoms with Gasteiger partial charge >= 0.3 is 0 Å². The van der Waals surface area contributed by atoms with Crippen LogP contribution in [0.2, 0.25) is 0 Å². The summed E-state index contributed by atoms with van der Waals surface area (Å²) in [5, 5.41) is 12.9. The fraction of sp³-hybridized carbons (Fsp3) is 0.300. The topological polar surface area (TPSA) is 97.6 Å². The fourth-order valence-corrected chi connectivity index (χ4v) is 3.38. The summed E-state index contributed by atoms with van der Waals surface area (Å²) in [6.45, 7) is 2.82. The van der Waals surface area contributed by atoms with Gasteiger partial charge in [0.1, 0.15) is 0 Å². The maximum Gasteiger partial charge on any atom is 0.257 e. The van der Waals surface area contributed by atoms with E-state index in [1.165, 1.54) is 18.3 Å². The summed E-state index contributed by atoms with van der Waals surface area (Å²) in [6.07, 6.45) is 0. The highest BCUT2D eigenvalue weighted by Gasteiger charge is 2.17. The number of amides is 1. The van der Waals surface area contributed by atoms with Crippen LogP contribution in [0.5, 0.6) is 0 Å². The Morgan fingerprint density at radius 3 is 2.76 bits per heavy atom.